The van der Waals surface area contributed by atoms with Crippen molar-refractivity contribution in [2.45, 2.75) is 13.0 Å². The van der Waals surface area contributed by atoms with Gasteiger partial charge in [-0.05, 0) is 42.8 Å². The SMILES string of the molecule is Cc1cccc(NC(=O)C2CSCN2C(=O)c2cccc3ncccc23)c1. The number of thioether (sulfide) groups is 1. The van der Waals surface area contributed by atoms with Gasteiger partial charge in [0, 0.05) is 28.6 Å². The summed E-state index contributed by atoms with van der Waals surface area (Å²) in [6, 6.07) is 16.4. The number of hydrogen-bond acceptors (Lipinski definition) is 4. The number of aryl methyl sites for hydroxylation is 1. The first-order valence-corrected chi connectivity index (χ1v) is 9.89. The third-order valence-corrected chi connectivity index (χ3v) is 5.62. The molecule has 1 fully saturated rings. The van der Waals surface area contributed by atoms with Crippen LogP contribution in [-0.2, 0) is 4.79 Å². The van der Waals surface area contributed by atoms with Crippen LogP contribution in [0.3, 0.4) is 0 Å². The van der Waals surface area contributed by atoms with Gasteiger partial charge in [0.2, 0.25) is 5.91 Å². The molecule has 0 bridgehead atoms. The summed E-state index contributed by atoms with van der Waals surface area (Å²) in [5.41, 5.74) is 3.18. The number of aromatic nitrogens is 1. The number of nitrogens with one attached hydrogen (secondary N) is 1. The Morgan fingerprint density at radius 2 is 2.00 bits per heavy atom. The lowest BCUT2D eigenvalue weighted by Gasteiger charge is -2.23. The standard InChI is InChI=1S/C21H19N3O2S/c1-14-5-2-6-15(11-14)23-20(25)19-12-27-13-24(19)21(26)17-7-3-9-18-16(17)8-4-10-22-18/h2-11,19H,12-13H2,1H3,(H,23,25). The molecule has 0 spiro atoms. The Hall–Kier alpha value is -2.86. The summed E-state index contributed by atoms with van der Waals surface area (Å²) >= 11 is 1.59. The molecule has 136 valence electrons. The predicted octanol–water partition coefficient (Wildman–Crippen LogP) is 3.70. The first kappa shape index (κ1) is 17.5. The monoisotopic (exact) mass is 377 g/mol. The van der Waals surface area contributed by atoms with Crippen LogP contribution < -0.4 is 5.32 Å². The van der Waals surface area contributed by atoms with E-state index in [1.54, 1.807) is 28.9 Å². The molecule has 1 saturated heterocycles. The molecule has 4 rings (SSSR count). The number of rotatable bonds is 3. The number of hydrogen-bond donors (Lipinski definition) is 1. The van der Waals surface area contributed by atoms with Crippen molar-refractivity contribution in [1.82, 2.24) is 9.88 Å². The third-order valence-electron chi connectivity index (χ3n) is 4.61. The molecule has 1 aromatic heterocycles. The molecule has 1 aliphatic rings. The normalized spacial score (nSPS) is 16.5. The van der Waals surface area contributed by atoms with Gasteiger partial charge in [0.1, 0.15) is 6.04 Å². The molecule has 1 unspecified atom stereocenters. The van der Waals surface area contributed by atoms with Gasteiger partial charge >= 0.3 is 0 Å². The van der Waals surface area contributed by atoms with Gasteiger partial charge in [-0.2, -0.15) is 0 Å². The van der Waals surface area contributed by atoms with Gasteiger partial charge in [0.25, 0.3) is 5.91 Å². The Labute approximate surface area is 161 Å². The largest absolute Gasteiger partial charge is 0.324 e. The minimum absolute atomic E-state index is 0.136. The number of anilines is 1. The van der Waals surface area contributed by atoms with Crippen LogP contribution in [0.2, 0.25) is 0 Å². The van der Waals surface area contributed by atoms with E-state index >= 15 is 0 Å². The molecule has 1 N–H and O–H groups in total. The molecular formula is C21H19N3O2S. The molecule has 0 saturated carbocycles. The Bertz CT molecular complexity index is 1020. The molecule has 2 aromatic carbocycles. The second-order valence-electron chi connectivity index (χ2n) is 6.53. The van der Waals surface area contributed by atoms with E-state index in [0.29, 0.717) is 17.2 Å². The van der Waals surface area contributed by atoms with E-state index < -0.39 is 6.04 Å². The molecule has 6 heteroatoms. The summed E-state index contributed by atoms with van der Waals surface area (Å²) in [6.45, 7) is 1.98. The number of carbonyl (C=O) groups is 2. The fourth-order valence-electron chi connectivity index (χ4n) is 3.25. The highest BCUT2D eigenvalue weighted by Crippen LogP contribution is 2.27. The summed E-state index contributed by atoms with van der Waals surface area (Å²) in [4.78, 5) is 32.0. The highest BCUT2D eigenvalue weighted by Gasteiger charge is 2.35. The quantitative estimate of drug-likeness (QED) is 0.756. The smallest absolute Gasteiger partial charge is 0.255 e. The van der Waals surface area contributed by atoms with E-state index in [1.165, 1.54) is 0 Å². The lowest BCUT2D eigenvalue weighted by atomic mass is 10.1. The predicted molar refractivity (Wildman–Crippen MR) is 109 cm³/mol. The third kappa shape index (κ3) is 3.53. The van der Waals surface area contributed by atoms with Gasteiger partial charge in [-0.25, -0.2) is 0 Å². The van der Waals surface area contributed by atoms with Gasteiger partial charge in [-0.3, -0.25) is 14.6 Å². The molecule has 27 heavy (non-hydrogen) atoms. The van der Waals surface area contributed by atoms with Crippen molar-refractivity contribution in [1.29, 1.82) is 0 Å². The Morgan fingerprint density at radius 1 is 1.15 bits per heavy atom. The summed E-state index contributed by atoms with van der Waals surface area (Å²) in [5.74, 6) is 0.800. The lowest BCUT2D eigenvalue weighted by Crippen LogP contribution is -2.44. The van der Waals surface area contributed by atoms with Crippen LogP contribution in [0.5, 0.6) is 0 Å². The van der Waals surface area contributed by atoms with Crippen molar-refractivity contribution >= 4 is 40.2 Å². The van der Waals surface area contributed by atoms with Crippen LogP contribution in [0.1, 0.15) is 15.9 Å². The van der Waals surface area contributed by atoms with Crippen LogP contribution in [0.15, 0.2) is 60.8 Å². The summed E-state index contributed by atoms with van der Waals surface area (Å²) < 4.78 is 0. The second-order valence-corrected chi connectivity index (χ2v) is 7.52. The van der Waals surface area contributed by atoms with Crippen LogP contribution in [0.25, 0.3) is 10.9 Å². The van der Waals surface area contributed by atoms with Gasteiger partial charge in [0.05, 0.1) is 11.4 Å². The lowest BCUT2D eigenvalue weighted by molar-refractivity contribution is -0.119. The number of carbonyl (C=O) groups excluding carboxylic acids is 2. The van der Waals surface area contributed by atoms with Crippen molar-refractivity contribution < 1.29 is 9.59 Å². The fraction of sp³-hybridized carbons (Fsp3) is 0.190. The van der Waals surface area contributed by atoms with Crippen molar-refractivity contribution in [2.24, 2.45) is 0 Å². The molecular weight excluding hydrogens is 358 g/mol. The molecule has 1 aliphatic heterocycles. The average molecular weight is 377 g/mol. The molecule has 3 aromatic rings. The van der Waals surface area contributed by atoms with Crippen molar-refractivity contribution in [3.63, 3.8) is 0 Å². The number of fused-ring (bicyclic) bond motifs is 1. The van der Waals surface area contributed by atoms with Crippen molar-refractivity contribution in [3.8, 4) is 0 Å². The van der Waals surface area contributed by atoms with Crippen LogP contribution in [0.4, 0.5) is 5.69 Å². The molecule has 0 radical (unpaired) electrons. The number of amides is 2. The average Bonchev–Trinajstić information content (AvgIpc) is 3.17. The highest BCUT2D eigenvalue weighted by atomic mass is 32.2. The summed E-state index contributed by atoms with van der Waals surface area (Å²) in [5, 5.41) is 3.74. The van der Waals surface area contributed by atoms with Crippen LogP contribution in [-0.4, -0.2) is 39.4 Å². The molecule has 2 amide bonds. The van der Waals surface area contributed by atoms with Gasteiger partial charge < -0.3 is 10.2 Å². The minimum atomic E-state index is -0.491. The first-order chi connectivity index (χ1) is 13.1. The van der Waals surface area contributed by atoms with Crippen molar-refractivity contribution in [2.75, 3.05) is 16.9 Å². The number of nitrogens with zero attached hydrogens (tertiary/aromatic N) is 2. The van der Waals surface area contributed by atoms with E-state index in [2.05, 4.69) is 10.3 Å². The molecule has 0 aliphatic carbocycles. The maximum Gasteiger partial charge on any atom is 0.255 e. The Kier molecular flexibility index (Phi) is 4.81. The maximum absolute atomic E-state index is 13.2. The zero-order valence-electron chi connectivity index (χ0n) is 14.9. The number of pyridine rings is 1. The molecule has 5 nitrogen and oxygen atoms in total. The van der Waals surface area contributed by atoms with Crippen molar-refractivity contribution in [3.05, 3.63) is 71.9 Å². The van der Waals surface area contributed by atoms with E-state index in [1.807, 2.05) is 55.5 Å². The van der Waals surface area contributed by atoms with E-state index in [-0.39, 0.29) is 11.8 Å². The molecule has 1 atom stereocenters. The number of benzene rings is 2. The van der Waals surface area contributed by atoms with Gasteiger partial charge in [-0.1, -0.05) is 24.3 Å². The Morgan fingerprint density at radius 3 is 2.85 bits per heavy atom. The molecule has 2 heterocycles. The summed E-state index contributed by atoms with van der Waals surface area (Å²) in [7, 11) is 0. The van der Waals surface area contributed by atoms with E-state index in [0.717, 1.165) is 22.2 Å². The summed E-state index contributed by atoms with van der Waals surface area (Å²) in [6.07, 6.45) is 1.71. The van der Waals surface area contributed by atoms with Crippen LogP contribution >= 0.6 is 11.8 Å². The van der Waals surface area contributed by atoms with Crippen LogP contribution in [0, 0.1) is 6.92 Å². The zero-order valence-corrected chi connectivity index (χ0v) is 15.7. The Balaban J connectivity index is 1.59. The first-order valence-electron chi connectivity index (χ1n) is 8.73. The van der Waals surface area contributed by atoms with E-state index in [4.69, 9.17) is 0 Å². The highest BCUT2D eigenvalue weighted by molar-refractivity contribution is 7.99. The topological polar surface area (TPSA) is 62.3 Å². The zero-order chi connectivity index (χ0) is 18.8. The maximum atomic E-state index is 13.2. The minimum Gasteiger partial charge on any atom is -0.324 e. The van der Waals surface area contributed by atoms with E-state index in [9.17, 15) is 9.59 Å². The van der Waals surface area contributed by atoms with Gasteiger partial charge in [0.15, 0.2) is 0 Å². The van der Waals surface area contributed by atoms with Gasteiger partial charge in [-0.15, -0.1) is 11.8 Å². The second kappa shape index (κ2) is 7.40. The fourth-order valence-corrected chi connectivity index (χ4v) is 4.41.